The van der Waals surface area contributed by atoms with Crippen LogP contribution in [0, 0.1) is 29.6 Å². The molecule has 0 N–H and O–H groups in total. The Bertz CT molecular complexity index is 682. The summed E-state index contributed by atoms with van der Waals surface area (Å²) in [4.78, 5) is 25.6. The molecule has 0 radical (unpaired) electrons. The molecule has 1 aromatic carbocycles. The van der Waals surface area contributed by atoms with E-state index < -0.39 is 0 Å². The first-order chi connectivity index (χ1) is 14.5. The van der Waals surface area contributed by atoms with Crippen LogP contribution in [0.1, 0.15) is 63.2 Å². The van der Waals surface area contributed by atoms with E-state index in [1.54, 1.807) is 12.1 Å². The molecule has 1 aliphatic heterocycles. The molecule has 0 aromatic heterocycles. The van der Waals surface area contributed by atoms with Crippen LogP contribution in [-0.2, 0) is 19.0 Å². The monoisotopic (exact) mass is 416 g/mol. The number of carbonyl (C=O) groups is 2. The number of Topliss-reactive ketones (excluding diaryl/α,β-unsaturated/α-hetero) is 1. The minimum atomic E-state index is -0.324. The average Bonchev–Trinajstić information content (AvgIpc) is 2.88. The fraction of sp³-hybridized carbons (Fsp3) is 0.680. The van der Waals surface area contributed by atoms with Gasteiger partial charge in [0.05, 0.1) is 25.4 Å². The van der Waals surface area contributed by atoms with Crippen molar-refractivity contribution in [3.8, 4) is 0 Å². The molecule has 5 nitrogen and oxygen atoms in total. The van der Waals surface area contributed by atoms with Gasteiger partial charge in [0.25, 0.3) is 0 Å². The van der Waals surface area contributed by atoms with E-state index in [1.165, 1.54) is 0 Å². The zero-order valence-electron chi connectivity index (χ0n) is 18.5. The first kappa shape index (κ1) is 23.0. The normalized spacial score (nSPS) is 29.2. The molecular formula is C25H36O5. The van der Waals surface area contributed by atoms with E-state index in [1.807, 2.05) is 25.1 Å². The summed E-state index contributed by atoms with van der Waals surface area (Å²) in [5.74, 6) is 0.783. The maximum Gasteiger partial charge on any atom is 0.338 e. The maximum atomic E-state index is 13.3. The van der Waals surface area contributed by atoms with E-state index in [0.717, 1.165) is 45.3 Å². The van der Waals surface area contributed by atoms with Gasteiger partial charge < -0.3 is 14.2 Å². The van der Waals surface area contributed by atoms with Gasteiger partial charge >= 0.3 is 5.97 Å². The predicted molar refractivity (Wildman–Crippen MR) is 115 cm³/mol. The lowest BCUT2D eigenvalue weighted by Gasteiger charge is -2.30. The Morgan fingerprint density at radius 3 is 2.50 bits per heavy atom. The van der Waals surface area contributed by atoms with Crippen molar-refractivity contribution < 1.29 is 23.8 Å². The molecule has 5 heteroatoms. The van der Waals surface area contributed by atoms with Crippen molar-refractivity contribution in [1.82, 2.24) is 0 Å². The van der Waals surface area contributed by atoms with Gasteiger partial charge in [-0.3, -0.25) is 4.79 Å². The standard InChI is InChI=1S/C25H36O5/c1-17-10-11-22(18(2)16-30-25(27)20-8-5-4-6-9-20)24(26)19(3)21(17)12-13-23-28-14-7-15-29-23/h4-6,8-9,17-19,21-23H,7,10-16H2,1-3H3/t17-,18+,19+,21+,22-/m0/s1. The van der Waals surface area contributed by atoms with Crippen molar-refractivity contribution >= 4 is 11.8 Å². The van der Waals surface area contributed by atoms with Crippen molar-refractivity contribution in [2.45, 2.75) is 59.2 Å². The molecule has 1 saturated carbocycles. The molecule has 166 valence electrons. The molecule has 0 amide bonds. The lowest BCUT2D eigenvalue weighted by Crippen LogP contribution is -2.33. The van der Waals surface area contributed by atoms with Gasteiger partial charge in [-0.1, -0.05) is 39.0 Å². The molecule has 1 aliphatic carbocycles. The highest BCUT2D eigenvalue weighted by Gasteiger charge is 2.39. The highest BCUT2D eigenvalue weighted by molar-refractivity contribution is 5.89. The Morgan fingerprint density at radius 1 is 1.10 bits per heavy atom. The summed E-state index contributed by atoms with van der Waals surface area (Å²) in [5, 5.41) is 0. The average molecular weight is 417 g/mol. The fourth-order valence-corrected chi connectivity index (χ4v) is 4.95. The van der Waals surface area contributed by atoms with Crippen LogP contribution in [-0.4, -0.2) is 37.9 Å². The second-order valence-corrected chi connectivity index (χ2v) is 9.06. The smallest absolute Gasteiger partial charge is 0.338 e. The van der Waals surface area contributed by atoms with E-state index >= 15 is 0 Å². The third-order valence-electron chi connectivity index (χ3n) is 6.93. The van der Waals surface area contributed by atoms with Gasteiger partial charge in [-0.05, 0) is 56.1 Å². The summed E-state index contributed by atoms with van der Waals surface area (Å²) in [6.07, 6.45) is 4.52. The van der Waals surface area contributed by atoms with Crippen molar-refractivity contribution in [1.29, 1.82) is 0 Å². The van der Waals surface area contributed by atoms with Gasteiger partial charge in [-0.15, -0.1) is 0 Å². The number of hydrogen-bond donors (Lipinski definition) is 0. The molecule has 5 atom stereocenters. The molecule has 0 unspecified atom stereocenters. The molecule has 1 saturated heterocycles. The second-order valence-electron chi connectivity index (χ2n) is 9.06. The number of carbonyl (C=O) groups excluding carboxylic acids is 2. The van der Waals surface area contributed by atoms with Crippen LogP contribution in [0.15, 0.2) is 30.3 Å². The summed E-state index contributed by atoms with van der Waals surface area (Å²) < 4.78 is 16.9. The topological polar surface area (TPSA) is 61.8 Å². The third-order valence-corrected chi connectivity index (χ3v) is 6.93. The van der Waals surface area contributed by atoms with Gasteiger partial charge in [0.2, 0.25) is 0 Å². The number of rotatable bonds is 7. The Balaban J connectivity index is 1.54. The summed E-state index contributed by atoms with van der Waals surface area (Å²) in [7, 11) is 0. The lowest BCUT2D eigenvalue weighted by molar-refractivity contribution is -0.183. The molecule has 2 fully saturated rings. The molecule has 3 rings (SSSR count). The first-order valence-electron chi connectivity index (χ1n) is 11.5. The van der Waals surface area contributed by atoms with Gasteiger partial charge in [-0.2, -0.15) is 0 Å². The Hall–Kier alpha value is -1.72. The quantitative estimate of drug-likeness (QED) is 0.468. The van der Waals surface area contributed by atoms with E-state index in [9.17, 15) is 9.59 Å². The predicted octanol–water partition coefficient (Wildman–Crippen LogP) is 4.89. The molecule has 1 aromatic rings. The van der Waals surface area contributed by atoms with Crippen LogP contribution in [0.3, 0.4) is 0 Å². The number of ketones is 1. The van der Waals surface area contributed by atoms with Crippen molar-refractivity contribution in [2.24, 2.45) is 29.6 Å². The zero-order valence-corrected chi connectivity index (χ0v) is 18.5. The van der Waals surface area contributed by atoms with Crippen LogP contribution in [0.25, 0.3) is 0 Å². The molecule has 0 spiro atoms. The van der Waals surface area contributed by atoms with Crippen LogP contribution < -0.4 is 0 Å². The van der Waals surface area contributed by atoms with E-state index in [2.05, 4.69) is 13.8 Å². The van der Waals surface area contributed by atoms with Crippen LogP contribution in [0.4, 0.5) is 0 Å². The largest absolute Gasteiger partial charge is 0.462 e. The highest BCUT2D eigenvalue weighted by atomic mass is 16.7. The van der Waals surface area contributed by atoms with E-state index in [-0.39, 0.29) is 36.6 Å². The van der Waals surface area contributed by atoms with Gasteiger partial charge in [0, 0.05) is 17.8 Å². The molecule has 0 bridgehead atoms. The van der Waals surface area contributed by atoms with Crippen molar-refractivity contribution in [3.05, 3.63) is 35.9 Å². The van der Waals surface area contributed by atoms with E-state index in [4.69, 9.17) is 14.2 Å². The summed E-state index contributed by atoms with van der Waals surface area (Å²) >= 11 is 0. The Labute approximate surface area is 180 Å². The van der Waals surface area contributed by atoms with Crippen molar-refractivity contribution in [3.63, 3.8) is 0 Å². The number of benzene rings is 1. The fourth-order valence-electron chi connectivity index (χ4n) is 4.95. The SMILES string of the molecule is C[C@H](COC(=O)c1ccccc1)[C@@H]1CC[C@H](C)[C@@H](CCC2OCCCO2)[C@@H](C)C1=O. The Kier molecular flexibility index (Phi) is 8.46. The first-order valence-corrected chi connectivity index (χ1v) is 11.5. The summed E-state index contributed by atoms with van der Waals surface area (Å²) in [6, 6.07) is 9.01. The Morgan fingerprint density at radius 2 is 1.80 bits per heavy atom. The molecule has 2 aliphatic rings. The zero-order chi connectivity index (χ0) is 21.5. The molecule has 1 heterocycles. The number of ether oxygens (including phenoxy) is 3. The van der Waals surface area contributed by atoms with Gasteiger partial charge in [-0.25, -0.2) is 4.79 Å². The second kappa shape index (κ2) is 11.1. The van der Waals surface area contributed by atoms with Crippen molar-refractivity contribution in [2.75, 3.05) is 19.8 Å². The molecular weight excluding hydrogens is 380 g/mol. The highest BCUT2D eigenvalue weighted by Crippen LogP contribution is 2.39. The van der Waals surface area contributed by atoms with Gasteiger partial charge in [0.1, 0.15) is 5.78 Å². The van der Waals surface area contributed by atoms with Crippen LogP contribution in [0.2, 0.25) is 0 Å². The van der Waals surface area contributed by atoms with Crippen LogP contribution >= 0.6 is 0 Å². The van der Waals surface area contributed by atoms with E-state index in [0.29, 0.717) is 23.2 Å². The number of esters is 1. The summed E-state index contributed by atoms with van der Waals surface area (Å²) in [6.45, 7) is 8.18. The van der Waals surface area contributed by atoms with Crippen LogP contribution in [0.5, 0.6) is 0 Å². The minimum absolute atomic E-state index is 0.00312. The van der Waals surface area contributed by atoms with Gasteiger partial charge in [0.15, 0.2) is 6.29 Å². The number of hydrogen-bond acceptors (Lipinski definition) is 5. The maximum absolute atomic E-state index is 13.3. The minimum Gasteiger partial charge on any atom is -0.462 e. The lowest BCUT2D eigenvalue weighted by atomic mass is 9.77. The summed E-state index contributed by atoms with van der Waals surface area (Å²) in [5.41, 5.74) is 0.547. The molecule has 30 heavy (non-hydrogen) atoms. The third kappa shape index (κ3) is 5.92.